The molecule has 27 heavy (non-hydrogen) atoms. The van der Waals surface area contributed by atoms with Crippen LogP contribution in [-0.4, -0.2) is 18.9 Å². The topological polar surface area (TPSA) is 75.0 Å². The Morgan fingerprint density at radius 3 is 2.70 bits per heavy atom. The molecule has 6 heteroatoms. The molecule has 0 aliphatic carbocycles. The molecule has 6 nitrogen and oxygen atoms in total. The summed E-state index contributed by atoms with van der Waals surface area (Å²) in [5.74, 6) is 0.677. The van der Waals surface area contributed by atoms with Crippen LogP contribution in [0.4, 0.5) is 0 Å². The molecule has 2 aromatic carbocycles. The number of ketones is 1. The van der Waals surface area contributed by atoms with Crippen molar-refractivity contribution in [2.24, 2.45) is 0 Å². The van der Waals surface area contributed by atoms with Crippen LogP contribution in [0.2, 0.25) is 0 Å². The number of ether oxygens (including phenoxy) is 3. The Hall–Kier alpha value is -3.80. The van der Waals surface area contributed by atoms with Gasteiger partial charge in [-0.05, 0) is 48.0 Å². The van der Waals surface area contributed by atoms with E-state index in [-0.39, 0.29) is 23.1 Å². The lowest BCUT2D eigenvalue weighted by molar-refractivity contribution is 0.0701. The molecule has 0 saturated carbocycles. The summed E-state index contributed by atoms with van der Waals surface area (Å²) in [7, 11) is 1.57. The van der Waals surface area contributed by atoms with Gasteiger partial charge in [0.05, 0.1) is 18.9 Å². The molecule has 0 amide bonds. The van der Waals surface area contributed by atoms with E-state index in [1.54, 1.807) is 31.4 Å². The highest BCUT2D eigenvalue weighted by Gasteiger charge is 2.28. The Morgan fingerprint density at radius 2 is 1.93 bits per heavy atom. The van der Waals surface area contributed by atoms with Gasteiger partial charge in [0, 0.05) is 6.07 Å². The molecular formula is C21H14O6. The molecule has 4 rings (SSSR count). The molecule has 1 aromatic heterocycles. The molecule has 1 aliphatic rings. The number of carbonyl (C=O) groups excluding carboxylic acids is 2. The molecule has 3 aromatic rings. The maximum atomic E-state index is 12.5. The molecule has 0 spiro atoms. The van der Waals surface area contributed by atoms with Crippen LogP contribution in [0.1, 0.15) is 26.5 Å². The third-order valence-electron chi connectivity index (χ3n) is 3.97. The first-order valence-corrected chi connectivity index (χ1v) is 8.12. The number of fused-ring (bicyclic) bond motifs is 1. The highest BCUT2D eigenvalue weighted by atomic mass is 16.5. The molecule has 0 radical (unpaired) electrons. The molecule has 0 N–H and O–H groups in total. The van der Waals surface area contributed by atoms with Crippen molar-refractivity contribution in [2.45, 2.75) is 0 Å². The second-order valence-electron chi connectivity index (χ2n) is 5.74. The van der Waals surface area contributed by atoms with Crippen molar-refractivity contribution in [3.05, 3.63) is 83.5 Å². The Kier molecular flexibility index (Phi) is 4.22. The van der Waals surface area contributed by atoms with Crippen LogP contribution in [0.25, 0.3) is 6.08 Å². The van der Waals surface area contributed by atoms with Gasteiger partial charge in [0.25, 0.3) is 0 Å². The fourth-order valence-electron chi connectivity index (χ4n) is 2.67. The van der Waals surface area contributed by atoms with Gasteiger partial charge in [-0.2, -0.15) is 0 Å². The number of methoxy groups -OCH3 is 1. The van der Waals surface area contributed by atoms with Crippen molar-refractivity contribution < 1.29 is 28.2 Å². The number of furan rings is 1. The van der Waals surface area contributed by atoms with Crippen molar-refractivity contribution in [1.29, 1.82) is 0 Å². The predicted octanol–water partition coefficient (Wildman–Crippen LogP) is 4.12. The lowest BCUT2D eigenvalue weighted by atomic mass is 10.1. The minimum Gasteiger partial charge on any atom is -0.497 e. The number of allylic oxidation sites excluding steroid dienone is 1. The van der Waals surface area contributed by atoms with Crippen LogP contribution in [0, 0.1) is 0 Å². The van der Waals surface area contributed by atoms with Crippen LogP contribution in [0.3, 0.4) is 0 Å². The summed E-state index contributed by atoms with van der Waals surface area (Å²) in [5.41, 5.74) is 1.18. The third-order valence-corrected chi connectivity index (χ3v) is 3.97. The van der Waals surface area contributed by atoms with E-state index in [9.17, 15) is 9.59 Å². The normalized spacial score (nSPS) is 14.0. The summed E-state index contributed by atoms with van der Waals surface area (Å²) in [6.07, 6.45) is 3.02. The lowest BCUT2D eigenvalue weighted by Crippen LogP contribution is -2.07. The Balaban J connectivity index is 1.57. The zero-order valence-corrected chi connectivity index (χ0v) is 14.3. The summed E-state index contributed by atoms with van der Waals surface area (Å²) in [6, 6.07) is 15.0. The second kappa shape index (κ2) is 6.84. The maximum Gasteiger partial charge on any atom is 0.379 e. The molecule has 0 saturated heterocycles. The molecular weight excluding hydrogens is 348 g/mol. The second-order valence-corrected chi connectivity index (χ2v) is 5.74. The summed E-state index contributed by atoms with van der Waals surface area (Å²) >= 11 is 0. The predicted molar refractivity (Wildman–Crippen MR) is 96.0 cm³/mol. The molecule has 134 valence electrons. The van der Waals surface area contributed by atoms with Gasteiger partial charge in [-0.3, -0.25) is 4.79 Å². The maximum absolute atomic E-state index is 12.5. The van der Waals surface area contributed by atoms with Crippen LogP contribution in [0.15, 0.2) is 71.0 Å². The summed E-state index contributed by atoms with van der Waals surface area (Å²) < 4.78 is 21.1. The monoisotopic (exact) mass is 362 g/mol. The number of Topliss-reactive ketones (excluding diaryl/α,β-unsaturated/α-hetero) is 1. The third kappa shape index (κ3) is 3.32. The largest absolute Gasteiger partial charge is 0.497 e. The Morgan fingerprint density at radius 1 is 1.04 bits per heavy atom. The molecule has 0 fully saturated rings. The number of benzene rings is 2. The molecule has 0 unspecified atom stereocenters. The molecule has 0 atom stereocenters. The van der Waals surface area contributed by atoms with E-state index in [1.807, 2.05) is 18.2 Å². The Labute approximate surface area is 154 Å². The SMILES string of the molecule is COc1cccc(C=C2Oc3cc(OC(=O)c4ccco4)ccc3C2=O)c1. The summed E-state index contributed by atoms with van der Waals surface area (Å²) in [6.45, 7) is 0. The van der Waals surface area contributed by atoms with Gasteiger partial charge in [-0.25, -0.2) is 4.79 Å². The van der Waals surface area contributed by atoms with Crippen LogP contribution in [-0.2, 0) is 0 Å². The van der Waals surface area contributed by atoms with Gasteiger partial charge in [0.2, 0.25) is 11.5 Å². The van der Waals surface area contributed by atoms with E-state index in [0.717, 1.165) is 5.56 Å². The summed E-state index contributed by atoms with van der Waals surface area (Å²) in [4.78, 5) is 24.5. The van der Waals surface area contributed by atoms with E-state index >= 15 is 0 Å². The van der Waals surface area contributed by atoms with Crippen molar-refractivity contribution in [1.82, 2.24) is 0 Å². The van der Waals surface area contributed by atoms with Crippen molar-refractivity contribution in [3.8, 4) is 17.2 Å². The number of rotatable bonds is 4. The van der Waals surface area contributed by atoms with E-state index in [1.165, 1.54) is 24.5 Å². The minimum atomic E-state index is -0.628. The fraction of sp³-hybridized carbons (Fsp3) is 0.0476. The van der Waals surface area contributed by atoms with Gasteiger partial charge < -0.3 is 18.6 Å². The standard InChI is InChI=1S/C21H14O6/c1-24-14-5-2-4-13(10-14)11-19-20(22)16-8-7-15(12-18(16)27-19)26-21(23)17-6-3-9-25-17/h2-12H,1H3. The summed E-state index contributed by atoms with van der Waals surface area (Å²) in [5, 5.41) is 0. The van der Waals surface area contributed by atoms with Gasteiger partial charge in [0.1, 0.15) is 17.2 Å². The van der Waals surface area contributed by atoms with E-state index in [0.29, 0.717) is 17.1 Å². The van der Waals surface area contributed by atoms with Gasteiger partial charge in [0.15, 0.2) is 5.76 Å². The first kappa shape index (κ1) is 16.7. The van der Waals surface area contributed by atoms with Crippen molar-refractivity contribution in [3.63, 3.8) is 0 Å². The highest BCUT2D eigenvalue weighted by Crippen LogP contribution is 2.35. The Bertz CT molecular complexity index is 1050. The van der Waals surface area contributed by atoms with Crippen LogP contribution in [0.5, 0.6) is 17.2 Å². The quantitative estimate of drug-likeness (QED) is 0.395. The number of hydrogen-bond donors (Lipinski definition) is 0. The highest BCUT2D eigenvalue weighted by molar-refractivity contribution is 6.14. The first-order valence-electron chi connectivity index (χ1n) is 8.12. The number of carbonyl (C=O) groups is 2. The van der Waals surface area contributed by atoms with Gasteiger partial charge in [-0.1, -0.05) is 12.1 Å². The number of hydrogen-bond acceptors (Lipinski definition) is 6. The minimum absolute atomic E-state index is 0.0890. The van der Waals surface area contributed by atoms with Crippen LogP contribution >= 0.6 is 0 Å². The first-order chi connectivity index (χ1) is 13.1. The van der Waals surface area contributed by atoms with Gasteiger partial charge >= 0.3 is 5.97 Å². The smallest absolute Gasteiger partial charge is 0.379 e. The average Bonchev–Trinajstić information content (AvgIpc) is 3.31. The van der Waals surface area contributed by atoms with Crippen LogP contribution < -0.4 is 14.2 Å². The van der Waals surface area contributed by atoms with Crippen molar-refractivity contribution in [2.75, 3.05) is 7.11 Å². The van der Waals surface area contributed by atoms with E-state index in [2.05, 4.69) is 0 Å². The average molecular weight is 362 g/mol. The van der Waals surface area contributed by atoms with Gasteiger partial charge in [-0.15, -0.1) is 0 Å². The zero-order valence-electron chi connectivity index (χ0n) is 14.3. The fourth-order valence-corrected chi connectivity index (χ4v) is 2.67. The van der Waals surface area contributed by atoms with E-state index in [4.69, 9.17) is 18.6 Å². The van der Waals surface area contributed by atoms with Crippen molar-refractivity contribution >= 4 is 17.8 Å². The molecule has 0 bridgehead atoms. The zero-order chi connectivity index (χ0) is 18.8. The lowest BCUT2D eigenvalue weighted by Gasteiger charge is -2.04. The van der Waals surface area contributed by atoms with E-state index < -0.39 is 5.97 Å². The molecule has 1 aliphatic heterocycles. The molecule has 2 heterocycles. The number of esters is 1.